The molecule has 172 valence electrons. The molecule has 1 aromatic heterocycles. The summed E-state index contributed by atoms with van der Waals surface area (Å²) >= 11 is 0. The van der Waals surface area contributed by atoms with E-state index in [2.05, 4.69) is 42.2 Å². The lowest BCUT2D eigenvalue weighted by atomic mass is 9.69. The number of nitrogens with zero attached hydrogens (tertiary/aromatic N) is 2. The van der Waals surface area contributed by atoms with Crippen LogP contribution in [0.1, 0.15) is 55.5 Å². The van der Waals surface area contributed by atoms with E-state index >= 15 is 0 Å². The third-order valence-corrected chi connectivity index (χ3v) is 7.00. The number of piperidine rings is 1. The van der Waals surface area contributed by atoms with Gasteiger partial charge in [0.25, 0.3) is 0 Å². The van der Waals surface area contributed by atoms with E-state index in [0.717, 1.165) is 34.4 Å². The molecule has 4 rings (SSSR count). The summed E-state index contributed by atoms with van der Waals surface area (Å²) in [5.41, 5.74) is 4.96. The summed E-state index contributed by atoms with van der Waals surface area (Å²) < 4.78 is 13.5. The zero-order valence-corrected chi connectivity index (χ0v) is 19.3. The third kappa shape index (κ3) is 4.98. The summed E-state index contributed by atoms with van der Waals surface area (Å²) in [5, 5.41) is 9.42. The first-order valence-electron chi connectivity index (χ1n) is 11.6. The molecule has 1 fully saturated rings. The van der Waals surface area contributed by atoms with Gasteiger partial charge in [0.05, 0.1) is 6.04 Å². The van der Waals surface area contributed by atoms with Crippen LogP contribution in [0.2, 0.25) is 0 Å². The number of aliphatic hydroxyl groups excluding tert-OH is 1. The van der Waals surface area contributed by atoms with Crippen LogP contribution in [0.4, 0.5) is 4.39 Å². The first-order chi connectivity index (χ1) is 15.9. The molecule has 1 aliphatic rings. The van der Waals surface area contributed by atoms with Gasteiger partial charge in [-0.15, -0.1) is 0 Å². The van der Waals surface area contributed by atoms with E-state index in [1.165, 1.54) is 12.1 Å². The van der Waals surface area contributed by atoms with Crippen molar-refractivity contribution in [3.63, 3.8) is 0 Å². The minimum absolute atomic E-state index is 0.0326. The van der Waals surface area contributed by atoms with Gasteiger partial charge in [-0.05, 0) is 79.6 Å². The van der Waals surface area contributed by atoms with Crippen molar-refractivity contribution in [3.05, 3.63) is 89.5 Å². The Labute approximate surface area is 195 Å². The Hall–Kier alpha value is -3.05. The standard InChI is InChI=1S/C28H31FN2O2/c1-20-18-24(12-15-30-20)23-6-4-22(5-7-23)21(2)31-16-14-28(13-3-17-32,19-27(31)33)25-8-10-26(29)11-9-25/h4-12,15,18,21,32H,3,13-14,16-17,19H2,1-2H3/t21-,28-/m0/s1. The van der Waals surface area contributed by atoms with Gasteiger partial charge in [0.1, 0.15) is 5.82 Å². The third-order valence-electron chi connectivity index (χ3n) is 7.00. The molecule has 0 aliphatic carbocycles. The van der Waals surface area contributed by atoms with Crippen molar-refractivity contribution >= 4 is 5.91 Å². The number of amides is 1. The quantitative estimate of drug-likeness (QED) is 0.515. The summed E-state index contributed by atoms with van der Waals surface area (Å²) in [6.07, 6.45) is 4.32. The summed E-state index contributed by atoms with van der Waals surface area (Å²) in [7, 11) is 0. The minimum Gasteiger partial charge on any atom is -0.396 e. The summed E-state index contributed by atoms with van der Waals surface area (Å²) in [4.78, 5) is 19.5. The van der Waals surface area contributed by atoms with Crippen LogP contribution in [0.3, 0.4) is 0 Å². The fraction of sp³-hybridized carbons (Fsp3) is 0.357. The number of hydrogen-bond donors (Lipinski definition) is 1. The van der Waals surface area contributed by atoms with Crippen LogP contribution >= 0.6 is 0 Å². The van der Waals surface area contributed by atoms with E-state index in [9.17, 15) is 14.3 Å². The van der Waals surface area contributed by atoms with Gasteiger partial charge in [-0.1, -0.05) is 36.4 Å². The lowest BCUT2D eigenvalue weighted by Gasteiger charge is -2.44. The summed E-state index contributed by atoms with van der Waals surface area (Å²) in [6.45, 7) is 4.77. The molecule has 1 saturated heterocycles. The minimum atomic E-state index is -0.354. The molecule has 0 unspecified atom stereocenters. The predicted molar refractivity (Wildman–Crippen MR) is 128 cm³/mol. The first kappa shape index (κ1) is 23.1. The number of pyridine rings is 1. The molecule has 0 spiro atoms. The molecule has 0 radical (unpaired) electrons. The largest absolute Gasteiger partial charge is 0.396 e. The molecule has 2 aromatic carbocycles. The Morgan fingerprint density at radius 1 is 1.09 bits per heavy atom. The van der Waals surface area contributed by atoms with Crippen LogP contribution in [0.15, 0.2) is 66.9 Å². The smallest absolute Gasteiger partial charge is 0.223 e. The van der Waals surface area contributed by atoms with E-state index in [1.54, 1.807) is 12.1 Å². The lowest BCUT2D eigenvalue weighted by Crippen LogP contribution is -2.47. The number of benzene rings is 2. The number of aryl methyl sites for hydroxylation is 1. The molecule has 2 heterocycles. The molecular weight excluding hydrogens is 415 g/mol. The number of aromatic nitrogens is 1. The molecular formula is C28H31FN2O2. The second kappa shape index (κ2) is 9.84. The molecule has 2 atom stereocenters. The van der Waals surface area contributed by atoms with Crippen molar-refractivity contribution in [2.75, 3.05) is 13.2 Å². The number of carbonyl (C=O) groups is 1. The average Bonchev–Trinajstić information content (AvgIpc) is 2.83. The molecule has 0 saturated carbocycles. The normalized spacial score (nSPS) is 19.5. The maximum Gasteiger partial charge on any atom is 0.223 e. The van der Waals surface area contributed by atoms with Gasteiger partial charge < -0.3 is 10.0 Å². The zero-order valence-electron chi connectivity index (χ0n) is 19.3. The molecule has 3 aromatic rings. The Morgan fingerprint density at radius 2 is 1.82 bits per heavy atom. The van der Waals surface area contributed by atoms with Gasteiger partial charge in [0.15, 0.2) is 0 Å². The van der Waals surface area contributed by atoms with Crippen molar-refractivity contribution in [1.82, 2.24) is 9.88 Å². The van der Waals surface area contributed by atoms with Gasteiger partial charge in [0, 0.05) is 36.9 Å². The zero-order chi connectivity index (χ0) is 23.4. The fourth-order valence-corrected chi connectivity index (χ4v) is 5.03. The number of rotatable bonds is 7. The molecule has 1 N–H and O–H groups in total. The lowest BCUT2D eigenvalue weighted by molar-refractivity contribution is -0.138. The second-order valence-corrected chi connectivity index (χ2v) is 9.11. The highest BCUT2D eigenvalue weighted by Gasteiger charge is 2.41. The van der Waals surface area contributed by atoms with Crippen LogP contribution in [-0.4, -0.2) is 34.0 Å². The van der Waals surface area contributed by atoms with Gasteiger partial charge >= 0.3 is 0 Å². The fourth-order valence-electron chi connectivity index (χ4n) is 5.03. The van der Waals surface area contributed by atoms with Gasteiger partial charge in [0.2, 0.25) is 5.91 Å². The van der Waals surface area contributed by atoms with Crippen molar-refractivity contribution in [2.45, 2.75) is 51.0 Å². The number of hydrogen-bond acceptors (Lipinski definition) is 3. The highest BCUT2D eigenvalue weighted by atomic mass is 19.1. The van der Waals surface area contributed by atoms with Crippen molar-refractivity contribution in [1.29, 1.82) is 0 Å². The Morgan fingerprint density at radius 3 is 2.45 bits per heavy atom. The van der Waals surface area contributed by atoms with Crippen LogP contribution in [-0.2, 0) is 10.2 Å². The molecule has 1 amide bonds. The number of halogens is 1. The van der Waals surface area contributed by atoms with Gasteiger partial charge in [-0.3, -0.25) is 9.78 Å². The van der Waals surface area contributed by atoms with E-state index < -0.39 is 0 Å². The summed E-state index contributed by atoms with van der Waals surface area (Å²) in [6, 6.07) is 18.9. The van der Waals surface area contributed by atoms with Crippen LogP contribution in [0.5, 0.6) is 0 Å². The average molecular weight is 447 g/mol. The highest BCUT2D eigenvalue weighted by Crippen LogP contribution is 2.42. The second-order valence-electron chi connectivity index (χ2n) is 9.11. The summed E-state index contributed by atoms with van der Waals surface area (Å²) in [5.74, 6) is -0.177. The maximum absolute atomic E-state index is 13.5. The first-order valence-corrected chi connectivity index (χ1v) is 11.6. The van der Waals surface area contributed by atoms with E-state index in [-0.39, 0.29) is 29.8 Å². The van der Waals surface area contributed by atoms with Gasteiger partial charge in [-0.2, -0.15) is 0 Å². The van der Waals surface area contributed by atoms with Gasteiger partial charge in [-0.25, -0.2) is 4.39 Å². The predicted octanol–water partition coefficient (Wildman–Crippen LogP) is 5.59. The number of aliphatic hydroxyl groups is 1. The number of likely N-dealkylation sites (tertiary alicyclic amines) is 1. The Balaban J connectivity index is 1.51. The number of carbonyl (C=O) groups excluding carboxylic acids is 1. The molecule has 0 bridgehead atoms. The SMILES string of the molecule is Cc1cc(-c2ccc([C@H](C)N3CC[C@](CCCO)(c4ccc(F)cc4)CC3=O)cc2)ccn1. The van der Waals surface area contributed by atoms with Crippen LogP contribution in [0.25, 0.3) is 11.1 Å². The van der Waals surface area contributed by atoms with Crippen LogP contribution in [0, 0.1) is 12.7 Å². The van der Waals surface area contributed by atoms with Crippen molar-refractivity contribution < 1.29 is 14.3 Å². The molecule has 1 aliphatic heterocycles. The van der Waals surface area contributed by atoms with Crippen molar-refractivity contribution in [2.24, 2.45) is 0 Å². The maximum atomic E-state index is 13.5. The van der Waals surface area contributed by atoms with Crippen LogP contribution < -0.4 is 0 Å². The molecule has 33 heavy (non-hydrogen) atoms. The Bertz CT molecular complexity index is 1100. The van der Waals surface area contributed by atoms with E-state index in [4.69, 9.17) is 0 Å². The molecule has 4 nitrogen and oxygen atoms in total. The van der Waals surface area contributed by atoms with E-state index in [0.29, 0.717) is 25.8 Å². The van der Waals surface area contributed by atoms with Crippen molar-refractivity contribution in [3.8, 4) is 11.1 Å². The van der Waals surface area contributed by atoms with E-state index in [1.807, 2.05) is 24.1 Å². The topological polar surface area (TPSA) is 53.4 Å². The monoisotopic (exact) mass is 446 g/mol. The Kier molecular flexibility index (Phi) is 6.89. The molecule has 5 heteroatoms. The highest BCUT2D eigenvalue weighted by molar-refractivity contribution is 5.79.